The topological polar surface area (TPSA) is 104 Å². The fraction of sp³-hybridized carbons (Fsp3) is 0.364. The number of nitrogens with one attached hydrogen (secondary N) is 1. The normalized spacial score (nSPS) is 11.4. The molecular formula is C11H15NO5S2. The highest BCUT2D eigenvalue weighted by Crippen LogP contribution is 2.21. The minimum absolute atomic E-state index is 0.174. The van der Waals surface area contributed by atoms with E-state index in [2.05, 4.69) is 4.72 Å². The van der Waals surface area contributed by atoms with Crippen molar-refractivity contribution in [3.63, 3.8) is 0 Å². The number of hydrogen-bond donors (Lipinski definition) is 3. The summed E-state index contributed by atoms with van der Waals surface area (Å²) in [6, 6.07) is 3.16. The molecule has 0 bridgehead atoms. The lowest BCUT2D eigenvalue weighted by Crippen LogP contribution is -2.25. The Labute approximate surface area is 115 Å². The van der Waals surface area contributed by atoms with E-state index in [0.717, 1.165) is 17.9 Å². The van der Waals surface area contributed by atoms with Crippen LogP contribution in [0.2, 0.25) is 0 Å². The predicted molar refractivity (Wildman–Crippen MR) is 73.3 cm³/mol. The summed E-state index contributed by atoms with van der Waals surface area (Å²) in [6.07, 6.45) is 2.61. The van der Waals surface area contributed by atoms with Gasteiger partial charge in [0.2, 0.25) is 10.0 Å². The third kappa shape index (κ3) is 4.41. The van der Waals surface area contributed by atoms with E-state index in [4.69, 9.17) is 5.11 Å². The maximum Gasteiger partial charge on any atom is 0.339 e. The number of sulfonamides is 1. The van der Waals surface area contributed by atoms with E-state index in [1.54, 1.807) is 11.8 Å². The zero-order valence-corrected chi connectivity index (χ0v) is 11.9. The molecule has 0 unspecified atom stereocenters. The van der Waals surface area contributed by atoms with E-state index < -0.39 is 27.3 Å². The first-order chi connectivity index (χ1) is 8.88. The molecule has 0 amide bonds. The average molecular weight is 305 g/mol. The second kappa shape index (κ2) is 6.78. The van der Waals surface area contributed by atoms with Gasteiger partial charge in [-0.25, -0.2) is 17.9 Å². The van der Waals surface area contributed by atoms with Crippen molar-refractivity contribution >= 4 is 27.8 Å². The number of hydrogen-bond acceptors (Lipinski definition) is 5. The Kier molecular flexibility index (Phi) is 5.64. The van der Waals surface area contributed by atoms with Gasteiger partial charge in [0.1, 0.15) is 11.3 Å². The molecule has 1 aromatic rings. The molecule has 0 atom stereocenters. The van der Waals surface area contributed by atoms with Crippen LogP contribution in [-0.2, 0) is 10.0 Å². The van der Waals surface area contributed by atoms with Crippen molar-refractivity contribution in [1.29, 1.82) is 0 Å². The van der Waals surface area contributed by atoms with Crippen molar-refractivity contribution in [2.75, 3.05) is 18.6 Å². The van der Waals surface area contributed by atoms with Gasteiger partial charge in [-0.2, -0.15) is 11.8 Å². The summed E-state index contributed by atoms with van der Waals surface area (Å²) in [5.74, 6) is -1.01. The number of benzene rings is 1. The van der Waals surface area contributed by atoms with Crippen LogP contribution in [-0.4, -0.2) is 43.2 Å². The zero-order valence-electron chi connectivity index (χ0n) is 10.3. The van der Waals surface area contributed by atoms with E-state index in [-0.39, 0.29) is 11.4 Å². The van der Waals surface area contributed by atoms with Crippen LogP contribution in [0.15, 0.2) is 23.1 Å². The maximum absolute atomic E-state index is 11.9. The van der Waals surface area contributed by atoms with Crippen molar-refractivity contribution < 1.29 is 23.4 Å². The SMILES string of the molecule is CSCCCNS(=O)(=O)c1ccc(O)c(C(=O)O)c1. The van der Waals surface area contributed by atoms with Crippen LogP contribution in [0.3, 0.4) is 0 Å². The van der Waals surface area contributed by atoms with Crippen molar-refractivity contribution in [1.82, 2.24) is 4.72 Å². The largest absolute Gasteiger partial charge is 0.507 e. The summed E-state index contributed by atoms with van der Waals surface area (Å²) in [6.45, 7) is 0.284. The minimum Gasteiger partial charge on any atom is -0.507 e. The molecule has 0 aliphatic carbocycles. The van der Waals surface area contributed by atoms with Gasteiger partial charge in [0, 0.05) is 6.54 Å². The molecular weight excluding hydrogens is 290 g/mol. The standard InChI is InChI=1S/C11H15NO5S2/c1-18-6-2-5-12-19(16,17)8-3-4-10(13)9(7-8)11(14)15/h3-4,7,12-13H,2,5-6H2,1H3,(H,14,15). The van der Waals surface area contributed by atoms with Gasteiger partial charge in [0.15, 0.2) is 0 Å². The molecule has 0 heterocycles. The number of carboxylic acid groups (broad SMARTS) is 1. The second-order valence-corrected chi connectivity index (χ2v) is 6.48. The fourth-order valence-electron chi connectivity index (χ4n) is 1.36. The Morgan fingerprint density at radius 1 is 1.42 bits per heavy atom. The van der Waals surface area contributed by atoms with E-state index in [1.807, 2.05) is 6.26 Å². The smallest absolute Gasteiger partial charge is 0.339 e. The van der Waals surface area contributed by atoms with Crippen LogP contribution < -0.4 is 4.72 Å². The molecule has 3 N–H and O–H groups in total. The minimum atomic E-state index is -3.75. The highest BCUT2D eigenvalue weighted by atomic mass is 32.2. The van der Waals surface area contributed by atoms with E-state index in [0.29, 0.717) is 6.42 Å². The summed E-state index contributed by atoms with van der Waals surface area (Å²) in [5, 5.41) is 18.1. The molecule has 0 saturated heterocycles. The number of aromatic hydroxyl groups is 1. The molecule has 19 heavy (non-hydrogen) atoms. The Hall–Kier alpha value is -1.25. The number of rotatable bonds is 7. The summed E-state index contributed by atoms with van der Waals surface area (Å²) in [5.41, 5.74) is -0.438. The number of carbonyl (C=O) groups is 1. The van der Waals surface area contributed by atoms with Gasteiger partial charge < -0.3 is 10.2 Å². The van der Waals surface area contributed by atoms with Crippen LogP contribution in [0, 0.1) is 0 Å². The van der Waals surface area contributed by atoms with Crippen molar-refractivity contribution in [2.24, 2.45) is 0 Å². The van der Waals surface area contributed by atoms with Crippen LogP contribution >= 0.6 is 11.8 Å². The number of carboxylic acids is 1. The van der Waals surface area contributed by atoms with Crippen molar-refractivity contribution in [2.45, 2.75) is 11.3 Å². The Bertz CT molecular complexity index is 556. The summed E-state index contributed by atoms with van der Waals surface area (Å²) in [7, 11) is -3.75. The van der Waals surface area contributed by atoms with E-state index >= 15 is 0 Å². The lowest BCUT2D eigenvalue weighted by molar-refractivity contribution is 0.0693. The second-order valence-electron chi connectivity index (χ2n) is 3.73. The van der Waals surface area contributed by atoms with Gasteiger partial charge in [-0.15, -0.1) is 0 Å². The van der Waals surface area contributed by atoms with Gasteiger partial charge >= 0.3 is 5.97 Å². The molecule has 1 rings (SSSR count). The van der Waals surface area contributed by atoms with Crippen molar-refractivity contribution in [3.8, 4) is 5.75 Å². The van der Waals surface area contributed by atoms with E-state index in [1.165, 1.54) is 6.07 Å². The first kappa shape index (κ1) is 15.8. The van der Waals surface area contributed by atoms with Gasteiger partial charge in [-0.1, -0.05) is 0 Å². The van der Waals surface area contributed by atoms with Gasteiger partial charge in [-0.3, -0.25) is 0 Å². The molecule has 106 valence electrons. The average Bonchev–Trinajstić information content (AvgIpc) is 2.34. The monoisotopic (exact) mass is 305 g/mol. The first-order valence-electron chi connectivity index (χ1n) is 5.43. The summed E-state index contributed by atoms with van der Waals surface area (Å²) >= 11 is 1.61. The Morgan fingerprint density at radius 3 is 2.68 bits per heavy atom. The first-order valence-corrected chi connectivity index (χ1v) is 8.31. The van der Waals surface area contributed by atoms with Gasteiger partial charge in [-0.05, 0) is 36.6 Å². The van der Waals surface area contributed by atoms with Gasteiger partial charge in [0.25, 0.3) is 0 Å². The molecule has 0 spiro atoms. The maximum atomic E-state index is 11.9. The van der Waals surface area contributed by atoms with Gasteiger partial charge in [0.05, 0.1) is 4.90 Å². The molecule has 0 fully saturated rings. The summed E-state index contributed by atoms with van der Waals surface area (Å²) in [4.78, 5) is 10.6. The molecule has 0 aliphatic heterocycles. The molecule has 0 radical (unpaired) electrons. The molecule has 0 aliphatic rings. The zero-order chi connectivity index (χ0) is 14.5. The third-order valence-corrected chi connectivity index (χ3v) is 4.48. The molecule has 1 aromatic carbocycles. The number of aromatic carboxylic acids is 1. The van der Waals surface area contributed by atoms with Crippen LogP contribution in [0.5, 0.6) is 5.75 Å². The quantitative estimate of drug-likeness (QED) is 0.652. The highest BCUT2D eigenvalue weighted by molar-refractivity contribution is 7.98. The van der Waals surface area contributed by atoms with Crippen LogP contribution in [0.1, 0.15) is 16.8 Å². The van der Waals surface area contributed by atoms with Crippen LogP contribution in [0.4, 0.5) is 0 Å². The number of phenols is 1. The lowest BCUT2D eigenvalue weighted by atomic mass is 10.2. The third-order valence-electron chi connectivity index (χ3n) is 2.33. The predicted octanol–water partition coefficient (Wildman–Crippen LogP) is 1.12. The van der Waals surface area contributed by atoms with Crippen LogP contribution in [0.25, 0.3) is 0 Å². The summed E-state index contributed by atoms with van der Waals surface area (Å²) < 4.78 is 26.2. The molecule has 0 aromatic heterocycles. The highest BCUT2D eigenvalue weighted by Gasteiger charge is 2.18. The Balaban J connectivity index is 2.89. The number of thioether (sulfide) groups is 1. The fourth-order valence-corrected chi connectivity index (χ4v) is 2.89. The molecule has 8 heteroatoms. The van der Waals surface area contributed by atoms with E-state index in [9.17, 15) is 18.3 Å². The molecule has 6 nitrogen and oxygen atoms in total. The van der Waals surface area contributed by atoms with Crippen molar-refractivity contribution in [3.05, 3.63) is 23.8 Å². The lowest BCUT2D eigenvalue weighted by Gasteiger charge is -2.08. The molecule has 0 saturated carbocycles. The Morgan fingerprint density at radius 2 is 2.11 bits per heavy atom.